The van der Waals surface area contributed by atoms with Crippen LogP contribution in [0.3, 0.4) is 0 Å². The van der Waals surface area contributed by atoms with Crippen molar-refractivity contribution in [3.05, 3.63) is 40.5 Å². The molecule has 0 aliphatic carbocycles. The maximum atomic E-state index is 12.4. The summed E-state index contributed by atoms with van der Waals surface area (Å²) in [5, 5.41) is 11.0. The van der Waals surface area contributed by atoms with E-state index in [-0.39, 0.29) is 23.6 Å². The van der Waals surface area contributed by atoms with E-state index in [1.165, 1.54) is 12.4 Å². The molecule has 0 spiro atoms. The monoisotopic (exact) mass is 328 g/mol. The van der Waals surface area contributed by atoms with Crippen LogP contribution < -0.4 is 4.74 Å². The number of likely N-dealkylation sites (tertiary alicyclic amines) is 1. The molecule has 2 aromatic rings. The Labute approximate surface area is 138 Å². The van der Waals surface area contributed by atoms with Crippen LogP contribution in [0.4, 0.5) is 0 Å². The summed E-state index contributed by atoms with van der Waals surface area (Å²) in [4.78, 5) is 23.3. The maximum absolute atomic E-state index is 12.4. The van der Waals surface area contributed by atoms with E-state index in [2.05, 4.69) is 9.97 Å². The minimum absolute atomic E-state index is 0.111. The van der Waals surface area contributed by atoms with Gasteiger partial charge >= 0.3 is 0 Å². The largest absolute Gasteiger partial charge is 0.470 e. The normalized spacial score (nSPS) is 17.5. The number of carbonyl (C=O) groups is 1. The Balaban J connectivity index is 1.62. The number of nitriles is 1. The number of rotatable bonds is 4. The average molecular weight is 328 g/mol. The fourth-order valence-corrected chi connectivity index (χ4v) is 3.28. The van der Waals surface area contributed by atoms with Gasteiger partial charge in [-0.15, -0.1) is 11.3 Å². The number of piperidine rings is 1. The maximum Gasteiger partial charge on any atom is 0.251 e. The van der Waals surface area contributed by atoms with E-state index in [1.54, 1.807) is 11.3 Å². The van der Waals surface area contributed by atoms with Crippen molar-refractivity contribution >= 4 is 17.2 Å². The van der Waals surface area contributed by atoms with Gasteiger partial charge < -0.3 is 9.64 Å². The third-order valence-corrected chi connectivity index (χ3v) is 4.56. The van der Waals surface area contributed by atoms with E-state index in [0.717, 1.165) is 24.3 Å². The molecule has 1 amide bonds. The van der Waals surface area contributed by atoms with E-state index < -0.39 is 0 Å². The van der Waals surface area contributed by atoms with Gasteiger partial charge in [0.2, 0.25) is 11.6 Å². The van der Waals surface area contributed by atoms with Crippen LogP contribution in [-0.2, 0) is 11.2 Å². The number of carbonyl (C=O) groups excluding carboxylic acids is 1. The molecule has 1 aliphatic heterocycles. The Morgan fingerprint density at radius 1 is 1.48 bits per heavy atom. The lowest BCUT2D eigenvalue weighted by molar-refractivity contribution is -0.133. The van der Waals surface area contributed by atoms with E-state index in [9.17, 15) is 4.79 Å². The van der Waals surface area contributed by atoms with Gasteiger partial charge in [0.05, 0.1) is 13.0 Å². The van der Waals surface area contributed by atoms with Crippen molar-refractivity contribution in [1.29, 1.82) is 5.26 Å². The Bertz CT molecular complexity index is 711. The highest BCUT2D eigenvalue weighted by molar-refractivity contribution is 7.10. The molecule has 0 radical (unpaired) electrons. The van der Waals surface area contributed by atoms with Crippen molar-refractivity contribution in [2.24, 2.45) is 0 Å². The van der Waals surface area contributed by atoms with Gasteiger partial charge in [-0.25, -0.2) is 9.97 Å². The van der Waals surface area contributed by atoms with Crippen molar-refractivity contribution < 1.29 is 9.53 Å². The van der Waals surface area contributed by atoms with Crippen molar-refractivity contribution in [2.75, 3.05) is 13.1 Å². The third-order valence-electron chi connectivity index (χ3n) is 3.69. The van der Waals surface area contributed by atoms with Crippen LogP contribution in [-0.4, -0.2) is 40.0 Å². The number of hydrogen-bond donors (Lipinski definition) is 0. The Morgan fingerprint density at radius 3 is 3.13 bits per heavy atom. The zero-order valence-electron chi connectivity index (χ0n) is 12.5. The summed E-state index contributed by atoms with van der Waals surface area (Å²) in [6.45, 7) is 1.27. The highest BCUT2D eigenvalue weighted by Gasteiger charge is 2.26. The minimum Gasteiger partial charge on any atom is -0.470 e. The van der Waals surface area contributed by atoms with Crippen molar-refractivity contribution in [2.45, 2.75) is 25.4 Å². The van der Waals surface area contributed by atoms with Gasteiger partial charge in [-0.05, 0) is 24.3 Å². The van der Waals surface area contributed by atoms with Crippen LogP contribution in [0.5, 0.6) is 5.88 Å². The van der Waals surface area contributed by atoms with Crippen LogP contribution in [0.1, 0.15) is 23.4 Å². The standard InChI is InChI=1S/C16H16N4O2S/c17-10-14-16(19-6-5-18-14)22-12-3-1-7-20(11-12)15(21)9-13-4-2-8-23-13/h2,4-6,8,12H,1,3,7,9,11H2. The van der Waals surface area contributed by atoms with Gasteiger partial charge in [0, 0.05) is 23.8 Å². The molecule has 1 fully saturated rings. The van der Waals surface area contributed by atoms with E-state index in [1.807, 2.05) is 28.5 Å². The van der Waals surface area contributed by atoms with Crippen LogP contribution in [0.15, 0.2) is 29.9 Å². The molecule has 3 rings (SSSR count). The van der Waals surface area contributed by atoms with Gasteiger partial charge in [0.25, 0.3) is 5.88 Å². The van der Waals surface area contributed by atoms with E-state index in [0.29, 0.717) is 13.0 Å². The quantitative estimate of drug-likeness (QED) is 0.858. The molecule has 7 heteroatoms. The molecule has 118 valence electrons. The van der Waals surface area contributed by atoms with Crippen molar-refractivity contribution in [3.63, 3.8) is 0 Å². The number of amides is 1. The summed E-state index contributed by atoms with van der Waals surface area (Å²) in [5.41, 5.74) is 0.175. The highest BCUT2D eigenvalue weighted by Crippen LogP contribution is 2.20. The fraction of sp³-hybridized carbons (Fsp3) is 0.375. The molecule has 3 heterocycles. The van der Waals surface area contributed by atoms with E-state index in [4.69, 9.17) is 10.00 Å². The SMILES string of the molecule is N#Cc1nccnc1OC1CCCN(C(=O)Cc2cccs2)C1. The molecule has 1 aliphatic rings. The van der Waals surface area contributed by atoms with Crippen LogP contribution in [0.25, 0.3) is 0 Å². The summed E-state index contributed by atoms with van der Waals surface area (Å²) in [5.74, 6) is 0.355. The molecule has 0 saturated carbocycles. The molecule has 0 N–H and O–H groups in total. The minimum atomic E-state index is -0.153. The molecule has 0 bridgehead atoms. The van der Waals surface area contributed by atoms with Gasteiger partial charge in [-0.3, -0.25) is 4.79 Å². The molecular formula is C16H16N4O2S. The summed E-state index contributed by atoms with van der Waals surface area (Å²) in [7, 11) is 0. The Kier molecular flexibility index (Phi) is 4.83. The molecule has 0 aromatic carbocycles. The lowest BCUT2D eigenvalue weighted by Crippen LogP contribution is -2.45. The molecule has 6 nitrogen and oxygen atoms in total. The summed E-state index contributed by atoms with van der Waals surface area (Å²) in [6, 6.07) is 5.89. The second-order valence-electron chi connectivity index (χ2n) is 5.30. The van der Waals surface area contributed by atoms with Gasteiger partial charge in [0.15, 0.2) is 0 Å². The number of thiophene rings is 1. The predicted octanol–water partition coefficient (Wildman–Crippen LogP) is 2.02. The average Bonchev–Trinajstić information content (AvgIpc) is 3.08. The Hall–Kier alpha value is -2.46. The number of ether oxygens (including phenoxy) is 1. The topological polar surface area (TPSA) is 79.1 Å². The number of nitrogens with zero attached hydrogens (tertiary/aromatic N) is 4. The summed E-state index contributed by atoms with van der Waals surface area (Å²) < 4.78 is 5.81. The van der Waals surface area contributed by atoms with Gasteiger partial charge in [-0.2, -0.15) is 5.26 Å². The van der Waals surface area contributed by atoms with E-state index >= 15 is 0 Å². The first-order valence-corrected chi connectivity index (χ1v) is 8.32. The molecule has 1 saturated heterocycles. The summed E-state index contributed by atoms with van der Waals surface area (Å²) in [6.07, 6.45) is 4.95. The van der Waals surface area contributed by atoms with Crippen LogP contribution in [0.2, 0.25) is 0 Å². The first-order chi connectivity index (χ1) is 11.3. The first-order valence-electron chi connectivity index (χ1n) is 7.44. The molecule has 23 heavy (non-hydrogen) atoms. The first kappa shape index (κ1) is 15.4. The van der Waals surface area contributed by atoms with Crippen molar-refractivity contribution in [3.8, 4) is 11.9 Å². The predicted molar refractivity (Wildman–Crippen MR) is 85.0 cm³/mol. The van der Waals surface area contributed by atoms with Crippen LogP contribution >= 0.6 is 11.3 Å². The molecular weight excluding hydrogens is 312 g/mol. The zero-order chi connectivity index (χ0) is 16.1. The zero-order valence-corrected chi connectivity index (χ0v) is 13.3. The lowest BCUT2D eigenvalue weighted by Gasteiger charge is -2.32. The van der Waals surface area contributed by atoms with Gasteiger partial charge in [-0.1, -0.05) is 6.07 Å². The third kappa shape index (κ3) is 3.85. The fourth-order valence-electron chi connectivity index (χ4n) is 2.58. The second kappa shape index (κ2) is 7.20. The summed E-state index contributed by atoms with van der Waals surface area (Å²) >= 11 is 1.59. The van der Waals surface area contributed by atoms with Crippen LogP contribution in [0, 0.1) is 11.3 Å². The molecule has 1 unspecified atom stereocenters. The Morgan fingerprint density at radius 2 is 2.35 bits per heavy atom. The highest BCUT2D eigenvalue weighted by atomic mass is 32.1. The molecule has 2 aromatic heterocycles. The lowest BCUT2D eigenvalue weighted by atomic mass is 10.1. The van der Waals surface area contributed by atoms with Gasteiger partial charge in [0.1, 0.15) is 12.2 Å². The smallest absolute Gasteiger partial charge is 0.251 e. The van der Waals surface area contributed by atoms with Crippen molar-refractivity contribution in [1.82, 2.24) is 14.9 Å². The number of aromatic nitrogens is 2. The molecule has 1 atom stereocenters. The second-order valence-corrected chi connectivity index (χ2v) is 6.33. The number of hydrogen-bond acceptors (Lipinski definition) is 6.